The fourth-order valence-corrected chi connectivity index (χ4v) is 4.13. The summed E-state index contributed by atoms with van der Waals surface area (Å²) in [4.78, 5) is 24.3. The average molecular weight is 448 g/mol. The number of nitrogens with one attached hydrogen (secondary N) is 2. The highest BCUT2D eigenvalue weighted by Gasteiger charge is 2.20. The number of benzene rings is 2. The van der Waals surface area contributed by atoms with Crippen LogP contribution in [0.5, 0.6) is 5.75 Å². The van der Waals surface area contributed by atoms with Gasteiger partial charge >= 0.3 is 0 Å². The number of carbonyl (C=O) groups excluding carboxylic acids is 2. The van der Waals surface area contributed by atoms with E-state index in [4.69, 9.17) is 4.74 Å². The number of methoxy groups -OCH3 is 1. The molecule has 0 aliphatic carbocycles. The number of carbonyl (C=O) groups is 2. The Morgan fingerprint density at radius 2 is 1.71 bits per heavy atom. The Labute approximate surface area is 183 Å². The zero-order valence-electron chi connectivity index (χ0n) is 18.1. The standard InChI is InChI=1S/C22H29N3O5S/c1-4-17-8-5-6-9-20(17)24-22(27)16-23-21(26)10-7-15-25(2)31(28,29)19-13-11-18(30-3)12-14-19/h5-6,8-9,11-14H,4,7,10,15-16H2,1-3H3,(H,23,26)(H,24,27). The molecule has 0 aromatic heterocycles. The summed E-state index contributed by atoms with van der Waals surface area (Å²) in [7, 11) is -0.670. The van der Waals surface area contributed by atoms with Crippen LogP contribution in [-0.4, -0.2) is 51.8 Å². The molecule has 2 aromatic rings. The fraction of sp³-hybridized carbons (Fsp3) is 0.364. The maximum absolute atomic E-state index is 12.6. The summed E-state index contributed by atoms with van der Waals surface area (Å²) in [5.74, 6) is -0.0527. The highest BCUT2D eigenvalue weighted by Crippen LogP contribution is 2.19. The Morgan fingerprint density at radius 1 is 1.03 bits per heavy atom. The minimum absolute atomic E-state index is 0.112. The van der Waals surface area contributed by atoms with Crippen LogP contribution < -0.4 is 15.4 Å². The Balaban J connectivity index is 1.76. The van der Waals surface area contributed by atoms with Crippen molar-refractivity contribution >= 4 is 27.5 Å². The lowest BCUT2D eigenvalue weighted by Crippen LogP contribution is -2.34. The topological polar surface area (TPSA) is 105 Å². The number of aryl methyl sites for hydroxylation is 1. The van der Waals surface area contributed by atoms with Crippen molar-refractivity contribution in [1.82, 2.24) is 9.62 Å². The van der Waals surface area contributed by atoms with Gasteiger partial charge in [-0.3, -0.25) is 9.59 Å². The van der Waals surface area contributed by atoms with Crippen LogP contribution in [0.15, 0.2) is 53.4 Å². The second kappa shape index (κ2) is 11.5. The molecule has 0 fully saturated rings. The molecule has 2 amide bonds. The molecule has 168 valence electrons. The molecular formula is C22H29N3O5S. The molecule has 0 bridgehead atoms. The molecule has 0 saturated heterocycles. The second-order valence-electron chi connectivity index (χ2n) is 6.94. The van der Waals surface area contributed by atoms with Crippen LogP contribution in [0.25, 0.3) is 0 Å². The van der Waals surface area contributed by atoms with Gasteiger partial charge in [0.2, 0.25) is 21.8 Å². The second-order valence-corrected chi connectivity index (χ2v) is 8.99. The van der Waals surface area contributed by atoms with Gasteiger partial charge < -0.3 is 15.4 Å². The molecular weight excluding hydrogens is 418 g/mol. The van der Waals surface area contributed by atoms with Gasteiger partial charge in [0, 0.05) is 25.7 Å². The molecule has 2 aromatic carbocycles. The van der Waals surface area contributed by atoms with Gasteiger partial charge in [-0.25, -0.2) is 12.7 Å². The number of hydrogen-bond donors (Lipinski definition) is 2. The van der Waals surface area contributed by atoms with Crippen molar-refractivity contribution in [2.75, 3.05) is 32.6 Å². The van der Waals surface area contributed by atoms with Gasteiger partial charge in [0.25, 0.3) is 0 Å². The van der Waals surface area contributed by atoms with Gasteiger partial charge in [-0.15, -0.1) is 0 Å². The molecule has 0 saturated carbocycles. The SMILES string of the molecule is CCc1ccccc1NC(=O)CNC(=O)CCCN(C)S(=O)(=O)c1ccc(OC)cc1. The van der Waals surface area contributed by atoms with E-state index in [1.54, 1.807) is 12.1 Å². The average Bonchev–Trinajstić information content (AvgIpc) is 2.78. The summed E-state index contributed by atoms with van der Waals surface area (Å²) in [6.07, 6.45) is 1.23. The Morgan fingerprint density at radius 3 is 2.35 bits per heavy atom. The van der Waals surface area contributed by atoms with Gasteiger partial charge in [-0.1, -0.05) is 25.1 Å². The van der Waals surface area contributed by atoms with Crippen molar-refractivity contribution in [1.29, 1.82) is 0 Å². The zero-order valence-corrected chi connectivity index (χ0v) is 18.9. The Hall–Kier alpha value is -2.91. The molecule has 0 spiro atoms. The molecule has 0 aliphatic rings. The number of nitrogens with zero attached hydrogens (tertiary/aromatic N) is 1. The summed E-state index contributed by atoms with van der Waals surface area (Å²) in [5.41, 5.74) is 1.75. The van der Waals surface area contributed by atoms with Crippen molar-refractivity contribution in [3.63, 3.8) is 0 Å². The third kappa shape index (κ3) is 7.08. The smallest absolute Gasteiger partial charge is 0.243 e. The van der Waals surface area contributed by atoms with Crippen LogP contribution in [0.3, 0.4) is 0 Å². The van der Waals surface area contributed by atoms with Crippen LogP contribution in [0.2, 0.25) is 0 Å². The lowest BCUT2D eigenvalue weighted by Gasteiger charge is -2.17. The van der Waals surface area contributed by atoms with Gasteiger partial charge in [0.15, 0.2) is 0 Å². The van der Waals surface area contributed by atoms with Gasteiger partial charge in [0.1, 0.15) is 5.75 Å². The number of anilines is 1. The Kier molecular flexibility index (Phi) is 9.02. The first-order valence-electron chi connectivity index (χ1n) is 10.0. The van der Waals surface area contributed by atoms with Crippen LogP contribution in [0, 0.1) is 0 Å². The summed E-state index contributed by atoms with van der Waals surface area (Å²) in [6.45, 7) is 2.04. The van der Waals surface area contributed by atoms with Crippen LogP contribution in [0.1, 0.15) is 25.3 Å². The number of sulfonamides is 1. The van der Waals surface area contributed by atoms with Crippen LogP contribution in [-0.2, 0) is 26.0 Å². The minimum Gasteiger partial charge on any atom is -0.497 e. The molecule has 31 heavy (non-hydrogen) atoms. The maximum atomic E-state index is 12.6. The number of rotatable bonds is 11. The first-order chi connectivity index (χ1) is 14.8. The maximum Gasteiger partial charge on any atom is 0.243 e. The lowest BCUT2D eigenvalue weighted by molar-refractivity contribution is -0.124. The Bertz CT molecular complexity index is 990. The third-order valence-electron chi connectivity index (χ3n) is 4.76. The van der Waals surface area contributed by atoms with Gasteiger partial charge in [-0.2, -0.15) is 0 Å². The van der Waals surface area contributed by atoms with E-state index in [2.05, 4.69) is 10.6 Å². The van der Waals surface area contributed by atoms with E-state index >= 15 is 0 Å². The van der Waals surface area contributed by atoms with Gasteiger partial charge in [0.05, 0.1) is 18.6 Å². The van der Waals surface area contributed by atoms with Crippen molar-refractivity contribution < 1.29 is 22.7 Å². The van der Waals surface area contributed by atoms with E-state index in [0.29, 0.717) is 12.2 Å². The molecule has 0 heterocycles. The van der Waals surface area contributed by atoms with Gasteiger partial charge in [-0.05, 0) is 48.7 Å². The highest BCUT2D eigenvalue weighted by molar-refractivity contribution is 7.89. The van der Waals surface area contributed by atoms with Crippen molar-refractivity contribution in [3.05, 3.63) is 54.1 Å². The summed E-state index contributed by atoms with van der Waals surface area (Å²) in [5, 5.41) is 5.35. The third-order valence-corrected chi connectivity index (χ3v) is 6.63. The summed E-state index contributed by atoms with van der Waals surface area (Å²) in [6, 6.07) is 13.6. The lowest BCUT2D eigenvalue weighted by atomic mass is 10.1. The molecule has 2 rings (SSSR count). The fourth-order valence-electron chi connectivity index (χ4n) is 2.92. The van der Waals surface area contributed by atoms with E-state index in [1.165, 1.54) is 30.6 Å². The highest BCUT2D eigenvalue weighted by atomic mass is 32.2. The molecule has 2 N–H and O–H groups in total. The molecule has 8 nitrogen and oxygen atoms in total. The molecule has 0 unspecified atom stereocenters. The predicted octanol–water partition coefficient (Wildman–Crippen LogP) is 2.41. The van der Waals surface area contributed by atoms with E-state index < -0.39 is 10.0 Å². The number of para-hydroxylation sites is 1. The first-order valence-corrected chi connectivity index (χ1v) is 11.5. The van der Waals surface area contributed by atoms with Crippen LogP contribution in [0.4, 0.5) is 5.69 Å². The van der Waals surface area contributed by atoms with E-state index in [9.17, 15) is 18.0 Å². The quantitative estimate of drug-likeness (QED) is 0.550. The predicted molar refractivity (Wildman–Crippen MR) is 120 cm³/mol. The van der Waals surface area contributed by atoms with E-state index in [1.807, 2.05) is 31.2 Å². The largest absolute Gasteiger partial charge is 0.497 e. The molecule has 0 aliphatic heterocycles. The van der Waals surface area contributed by atoms with Crippen molar-refractivity contribution in [2.45, 2.75) is 31.1 Å². The van der Waals surface area contributed by atoms with Crippen LogP contribution >= 0.6 is 0 Å². The first kappa shape index (κ1) is 24.4. The summed E-state index contributed by atoms with van der Waals surface area (Å²) >= 11 is 0. The number of ether oxygens (including phenoxy) is 1. The van der Waals surface area contributed by atoms with Crippen molar-refractivity contribution in [3.8, 4) is 5.75 Å². The normalized spacial score (nSPS) is 11.2. The monoisotopic (exact) mass is 447 g/mol. The van der Waals surface area contributed by atoms with E-state index in [0.717, 1.165) is 17.7 Å². The minimum atomic E-state index is -3.65. The molecule has 0 radical (unpaired) electrons. The number of hydrogen-bond acceptors (Lipinski definition) is 5. The zero-order chi connectivity index (χ0) is 22.9. The molecule has 0 atom stereocenters. The summed E-state index contributed by atoms with van der Waals surface area (Å²) < 4.78 is 31.4. The number of amides is 2. The van der Waals surface area contributed by atoms with E-state index in [-0.39, 0.29) is 36.2 Å². The molecule has 9 heteroatoms. The van der Waals surface area contributed by atoms with Crippen molar-refractivity contribution in [2.24, 2.45) is 0 Å².